The molecule has 3 aromatic carbocycles. The molecule has 0 bridgehead atoms. The molecule has 4 aromatic rings. The highest BCUT2D eigenvalue weighted by atomic mass is 35.5. The van der Waals surface area contributed by atoms with Crippen molar-refractivity contribution in [2.24, 2.45) is 0 Å². The molecule has 4 rings (SSSR count). The smallest absolute Gasteiger partial charge is 0.246 e. The highest BCUT2D eigenvalue weighted by Gasteiger charge is 2.19. The number of thioether (sulfide) groups is 1. The number of pyridine rings is 1. The molecule has 0 saturated carbocycles. The van der Waals surface area contributed by atoms with Gasteiger partial charge >= 0.3 is 0 Å². The summed E-state index contributed by atoms with van der Waals surface area (Å²) in [5.41, 5.74) is 3.25. The number of hydrogen-bond donors (Lipinski definition) is 2. The number of benzene rings is 3. The number of aryl methyl sites for hydroxylation is 1. The first-order chi connectivity index (χ1) is 19.6. The van der Waals surface area contributed by atoms with E-state index < -0.39 is 0 Å². The molecule has 1 heterocycles. The largest absolute Gasteiger partial charge is 0.487 e. The minimum absolute atomic E-state index is 0.0715. The van der Waals surface area contributed by atoms with E-state index in [0.29, 0.717) is 27.7 Å². The van der Waals surface area contributed by atoms with Gasteiger partial charge in [0.2, 0.25) is 17.7 Å². The zero-order valence-electron chi connectivity index (χ0n) is 22.7. The van der Waals surface area contributed by atoms with Crippen LogP contribution < -0.4 is 20.3 Å². The van der Waals surface area contributed by atoms with Crippen molar-refractivity contribution in [2.75, 3.05) is 29.6 Å². The number of ether oxygens (including phenoxy) is 1. The Kier molecular flexibility index (Phi) is 10.1. The molecule has 0 atom stereocenters. The standard InChI is InChI=1S/C30H28Cl2N4O4S/c1-18-7-8-20-5-4-6-26(30(20)34-18)40-16-23-24(31)13-14-25(29(23)32)36(3)28(39)15-33-27(38)17-41-22-11-9-21(10-12-22)35-19(2)37/h4-14H,15-17H2,1-3H3,(H,33,38)(H,35,37). The predicted molar refractivity (Wildman–Crippen MR) is 165 cm³/mol. The number of halogens is 2. The molecule has 0 spiro atoms. The minimum Gasteiger partial charge on any atom is -0.487 e. The summed E-state index contributed by atoms with van der Waals surface area (Å²) in [4.78, 5) is 43.2. The van der Waals surface area contributed by atoms with Crippen LogP contribution in [0.1, 0.15) is 18.2 Å². The number of likely N-dealkylation sites (N-methyl/N-ethyl adjacent to an activating group) is 1. The average molecular weight is 612 g/mol. The molecule has 0 saturated heterocycles. The van der Waals surface area contributed by atoms with Gasteiger partial charge < -0.3 is 20.3 Å². The van der Waals surface area contributed by atoms with Crippen molar-refractivity contribution in [1.29, 1.82) is 0 Å². The summed E-state index contributed by atoms with van der Waals surface area (Å²) < 4.78 is 6.07. The van der Waals surface area contributed by atoms with Gasteiger partial charge in [0.1, 0.15) is 17.9 Å². The Balaban J connectivity index is 1.35. The minimum atomic E-state index is -0.354. The maximum Gasteiger partial charge on any atom is 0.246 e. The SMILES string of the molecule is CC(=O)Nc1ccc(SCC(=O)NCC(=O)N(C)c2ccc(Cl)c(COc3cccc4ccc(C)nc34)c2Cl)cc1. The van der Waals surface area contributed by atoms with E-state index in [1.807, 2.05) is 49.4 Å². The van der Waals surface area contributed by atoms with Crippen molar-refractivity contribution < 1.29 is 19.1 Å². The van der Waals surface area contributed by atoms with Crippen LogP contribution in [0, 0.1) is 6.92 Å². The Morgan fingerprint density at radius 1 is 1.00 bits per heavy atom. The third-order valence-corrected chi connectivity index (χ3v) is 7.86. The lowest BCUT2D eigenvalue weighted by atomic mass is 10.1. The average Bonchev–Trinajstić information content (AvgIpc) is 2.95. The van der Waals surface area contributed by atoms with E-state index >= 15 is 0 Å². The molecule has 0 unspecified atom stereocenters. The quantitative estimate of drug-likeness (QED) is 0.206. The van der Waals surface area contributed by atoms with Crippen LogP contribution in [0.5, 0.6) is 5.75 Å². The van der Waals surface area contributed by atoms with E-state index in [0.717, 1.165) is 21.5 Å². The van der Waals surface area contributed by atoms with E-state index in [9.17, 15) is 14.4 Å². The van der Waals surface area contributed by atoms with E-state index in [1.54, 1.807) is 31.3 Å². The fourth-order valence-electron chi connectivity index (χ4n) is 3.93. The van der Waals surface area contributed by atoms with Crippen LogP contribution in [0.2, 0.25) is 10.0 Å². The fourth-order valence-corrected chi connectivity index (χ4v) is 5.26. The highest BCUT2D eigenvalue weighted by molar-refractivity contribution is 8.00. The van der Waals surface area contributed by atoms with Crippen LogP contribution in [0.4, 0.5) is 11.4 Å². The first kappa shape index (κ1) is 30.2. The molecule has 41 heavy (non-hydrogen) atoms. The van der Waals surface area contributed by atoms with E-state index in [-0.39, 0.29) is 41.6 Å². The van der Waals surface area contributed by atoms with E-state index in [4.69, 9.17) is 27.9 Å². The maximum atomic E-state index is 12.9. The van der Waals surface area contributed by atoms with Gasteiger partial charge in [0, 0.05) is 46.2 Å². The second kappa shape index (κ2) is 13.7. The summed E-state index contributed by atoms with van der Waals surface area (Å²) in [5.74, 6) is -0.0806. The number of hydrogen-bond acceptors (Lipinski definition) is 6. The van der Waals surface area contributed by atoms with Crippen LogP contribution in [0.3, 0.4) is 0 Å². The summed E-state index contributed by atoms with van der Waals surface area (Å²) in [5, 5.41) is 6.97. The zero-order valence-corrected chi connectivity index (χ0v) is 25.0. The molecular weight excluding hydrogens is 583 g/mol. The Bertz CT molecular complexity index is 1600. The summed E-state index contributed by atoms with van der Waals surface area (Å²) in [6.07, 6.45) is 0. The normalized spacial score (nSPS) is 10.8. The summed E-state index contributed by atoms with van der Waals surface area (Å²) >= 11 is 14.5. The number of para-hydroxylation sites is 1. The van der Waals surface area contributed by atoms with Gasteiger partial charge in [-0.25, -0.2) is 4.98 Å². The summed E-state index contributed by atoms with van der Waals surface area (Å²) in [7, 11) is 1.58. The first-order valence-corrected chi connectivity index (χ1v) is 14.4. The van der Waals surface area contributed by atoms with Gasteiger partial charge in [-0.3, -0.25) is 14.4 Å². The fraction of sp³-hybridized carbons (Fsp3) is 0.200. The Morgan fingerprint density at radius 2 is 1.76 bits per heavy atom. The number of nitrogens with one attached hydrogen (secondary N) is 2. The number of carbonyl (C=O) groups is 3. The first-order valence-electron chi connectivity index (χ1n) is 12.6. The molecule has 0 aliphatic heterocycles. The van der Waals surface area contributed by atoms with Gasteiger partial charge in [0.15, 0.2) is 0 Å². The van der Waals surface area contributed by atoms with Gasteiger partial charge in [-0.05, 0) is 55.5 Å². The molecule has 0 aliphatic rings. The van der Waals surface area contributed by atoms with Crippen LogP contribution >= 0.6 is 35.0 Å². The monoisotopic (exact) mass is 610 g/mol. The Labute approximate surface area is 252 Å². The van der Waals surface area contributed by atoms with E-state index in [2.05, 4.69) is 15.6 Å². The molecule has 8 nitrogen and oxygen atoms in total. The Morgan fingerprint density at radius 3 is 2.49 bits per heavy atom. The maximum absolute atomic E-state index is 12.9. The van der Waals surface area contributed by atoms with Crippen LogP contribution in [-0.4, -0.2) is 42.1 Å². The van der Waals surface area contributed by atoms with Crippen molar-refractivity contribution in [3.63, 3.8) is 0 Å². The number of anilines is 2. The van der Waals surface area contributed by atoms with Crippen molar-refractivity contribution >= 4 is 75.0 Å². The molecule has 0 radical (unpaired) electrons. The number of rotatable bonds is 10. The number of carbonyl (C=O) groups excluding carboxylic acids is 3. The van der Waals surface area contributed by atoms with Gasteiger partial charge in [-0.15, -0.1) is 11.8 Å². The summed E-state index contributed by atoms with van der Waals surface area (Å²) in [6.45, 7) is 3.22. The van der Waals surface area contributed by atoms with Gasteiger partial charge in [-0.2, -0.15) is 0 Å². The molecule has 0 aliphatic carbocycles. The molecule has 0 fully saturated rings. The molecule has 1 aromatic heterocycles. The number of aromatic nitrogens is 1. The second-order valence-electron chi connectivity index (χ2n) is 9.15. The lowest BCUT2D eigenvalue weighted by Crippen LogP contribution is -2.39. The van der Waals surface area contributed by atoms with Crippen LogP contribution in [0.15, 0.2) is 71.6 Å². The number of nitrogens with zero attached hydrogens (tertiary/aromatic N) is 2. The lowest BCUT2D eigenvalue weighted by Gasteiger charge is -2.21. The van der Waals surface area contributed by atoms with Crippen molar-refractivity contribution in [3.05, 3.63) is 88.0 Å². The van der Waals surface area contributed by atoms with E-state index in [1.165, 1.54) is 23.6 Å². The predicted octanol–water partition coefficient (Wildman–Crippen LogP) is 6.26. The molecule has 212 valence electrons. The third kappa shape index (κ3) is 7.91. The summed E-state index contributed by atoms with van der Waals surface area (Å²) in [6, 6.07) is 20.0. The molecular formula is C30H28Cl2N4O4S. The van der Waals surface area contributed by atoms with Gasteiger partial charge in [0.05, 0.1) is 23.0 Å². The zero-order chi connectivity index (χ0) is 29.5. The van der Waals surface area contributed by atoms with Gasteiger partial charge in [0.25, 0.3) is 0 Å². The van der Waals surface area contributed by atoms with Gasteiger partial charge in [-0.1, -0.05) is 41.4 Å². The van der Waals surface area contributed by atoms with Crippen molar-refractivity contribution in [3.8, 4) is 5.75 Å². The topological polar surface area (TPSA) is 101 Å². The second-order valence-corrected chi connectivity index (χ2v) is 11.0. The third-order valence-electron chi connectivity index (χ3n) is 6.08. The molecule has 11 heteroatoms. The van der Waals surface area contributed by atoms with Crippen LogP contribution in [0.25, 0.3) is 10.9 Å². The number of amides is 3. The lowest BCUT2D eigenvalue weighted by molar-refractivity contribution is -0.123. The molecule has 3 amide bonds. The molecule has 2 N–H and O–H groups in total. The van der Waals surface area contributed by atoms with Crippen molar-refractivity contribution in [2.45, 2.75) is 25.3 Å². The number of fused-ring (bicyclic) bond motifs is 1. The van der Waals surface area contributed by atoms with Crippen LogP contribution in [-0.2, 0) is 21.0 Å². The van der Waals surface area contributed by atoms with Crippen molar-refractivity contribution in [1.82, 2.24) is 10.3 Å². The Hall–Kier alpha value is -3.79. The highest BCUT2D eigenvalue weighted by Crippen LogP contribution is 2.35.